The van der Waals surface area contributed by atoms with Crippen LogP contribution >= 0.6 is 0 Å². The fourth-order valence-electron chi connectivity index (χ4n) is 2.05. The van der Waals surface area contributed by atoms with Crippen LogP contribution < -0.4 is 11.1 Å². The van der Waals surface area contributed by atoms with Crippen molar-refractivity contribution < 1.29 is 9.90 Å². The number of pyridine rings is 1. The summed E-state index contributed by atoms with van der Waals surface area (Å²) in [6.45, 7) is 1.94. The van der Waals surface area contributed by atoms with Gasteiger partial charge in [-0.1, -0.05) is 25.1 Å². The van der Waals surface area contributed by atoms with Crippen molar-refractivity contribution in [3.63, 3.8) is 0 Å². The van der Waals surface area contributed by atoms with Crippen LogP contribution in [0.3, 0.4) is 0 Å². The lowest BCUT2D eigenvalue weighted by atomic mass is 10.0. The molecule has 5 nitrogen and oxygen atoms in total. The van der Waals surface area contributed by atoms with E-state index in [-0.39, 0.29) is 6.61 Å². The Hall–Kier alpha value is -2.14. The number of hydrogen-bond acceptors (Lipinski definition) is 3. The Labute approximate surface area is 105 Å². The molecule has 0 unspecified atom stereocenters. The van der Waals surface area contributed by atoms with Gasteiger partial charge in [-0.15, -0.1) is 0 Å². The van der Waals surface area contributed by atoms with Crippen molar-refractivity contribution in [1.29, 1.82) is 0 Å². The van der Waals surface area contributed by atoms with Gasteiger partial charge in [0.2, 0.25) is 0 Å². The molecule has 1 heterocycles. The second-order valence-corrected chi connectivity index (χ2v) is 3.97. The molecule has 0 saturated carbocycles. The van der Waals surface area contributed by atoms with Crippen LogP contribution in [0.25, 0.3) is 10.8 Å². The molecule has 0 aliphatic heterocycles. The van der Waals surface area contributed by atoms with Crippen molar-refractivity contribution in [2.45, 2.75) is 20.0 Å². The van der Waals surface area contributed by atoms with Crippen LogP contribution in [0, 0.1) is 0 Å². The third-order valence-electron chi connectivity index (χ3n) is 2.78. The van der Waals surface area contributed by atoms with Crippen LogP contribution in [-0.2, 0) is 13.0 Å². The smallest absolute Gasteiger partial charge is 0.317 e. The van der Waals surface area contributed by atoms with E-state index in [0.29, 0.717) is 12.2 Å². The number of anilines is 1. The third-order valence-corrected chi connectivity index (χ3v) is 2.78. The van der Waals surface area contributed by atoms with Crippen LogP contribution in [0.4, 0.5) is 10.6 Å². The normalized spacial score (nSPS) is 10.6. The molecule has 1 aromatic heterocycles. The molecule has 0 spiro atoms. The van der Waals surface area contributed by atoms with Crippen molar-refractivity contribution in [2.75, 3.05) is 5.32 Å². The number of rotatable bonds is 3. The number of aromatic nitrogens is 1. The van der Waals surface area contributed by atoms with Crippen molar-refractivity contribution in [3.8, 4) is 0 Å². The molecule has 0 fully saturated rings. The molecule has 0 radical (unpaired) electrons. The average Bonchev–Trinajstić information content (AvgIpc) is 2.36. The molecule has 0 atom stereocenters. The number of aryl methyl sites for hydroxylation is 1. The summed E-state index contributed by atoms with van der Waals surface area (Å²) in [6.07, 6.45) is 0.710. The van der Waals surface area contributed by atoms with Gasteiger partial charge < -0.3 is 10.8 Å². The molecule has 1 aromatic carbocycles. The first-order chi connectivity index (χ1) is 8.65. The van der Waals surface area contributed by atoms with E-state index in [1.54, 1.807) is 6.07 Å². The van der Waals surface area contributed by atoms with Gasteiger partial charge in [0.25, 0.3) is 0 Å². The number of nitrogens with two attached hydrogens (primary N) is 1. The van der Waals surface area contributed by atoms with Crippen molar-refractivity contribution in [2.24, 2.45) is 5.73 Å². The van der Waals surface area contributed by atoms with Gasteiger partial charge in [0.15, 0.2) is 0 Å². The van der Waals surface area contributed by atoms with E-state index in [0.717, 1.165) is 22.0 Å². The Bertz CT molecular complexity index is 596. The molecule has 18 heavy (non-hydrogen) atoms. The van der Waals surface area contributed by atoms with Gasteiger partial charge in [0, 0.05) is 5.39 Å². The SMILES string of the molecule is CCc1nc(NC(N)=O)cc2cccc(CO)c12. The van der Waals surface area contributed by atoms with Crippen LogP contribution in [0.15, 0.2) is 24.3 Å². The first-order valence-corrected chi connectivity index (χ1v) is 5.74. The molecule has 5 heteroatoms. The predicted molar refractivity (Wildman–Crippen MR) is 70.2 cm³/mol. The number of amides is 2. The van der Waals surface area contributed by atoms with Crippen molar-refractivity contribution >= 4 is 22.6 Å². The zero-order valence-electron chi connectivity index (χ0n) is 10.1. The van der Waals surface area contributed by atoms with E-state index in [1.165, 1.54) is 0 Å². The number of nitrogens with one attached hydrogen (secondary N) is 1. The number of benzene rings is 1. The number of aliphatic hydroxyl groups is 1. The summed E-state index contributed by atoms with van der Waals surface area (Å²) in [6, 6.07) is 6.76. The Kier molecular flexibility index (Phi) is 3.43. The summed E-state index contributed by atoms with van der Waals surface area (Å²) in [5.74, 6) is 0.432. The first kappa shape index (κ1) is 12.3. The number of hydrogen-bond donors (Lipinski definition) is 3. The Morgan fingerprint density at radius 2 is 2.28 bits per heavy atom. The maximum Gasteiger partial charge on any atom is 0.317 e. The van der Waals surface area contributed by atoms with Crippen LogP contribution in [0.1, 0.15) is 18.2 Å². The summed E-state index contributed by atoms with van der Waals surface area (Å²) in [5, 5.41) is 13.7. The summed E-state index contributed by atoms with van der Waals surface area (Å²) < 4.78 is 0. The molecular formula is C13H15N3O2. The fourth-order valence-corrected chi connectivity index (χ4v) is 2.05. The quantitative estimate of drug-likeness (QED) is 0.770. The molecule has 2 amide bonds. The highest BCUT2D eigenvalue weighted by Crippen LogP contribution is 2.25. The standard InChI is InChI=1S/C13H15N3O2/c1-2-10-12-8(4-3-5-9(12)7-17)6-11(15-10)16-13(14)18/h3-6,17H,2,7H2,1H3,(H3,14,15,16,18). The second kappa shape index (κ2) is 5.01. The van der Waals surface area contributed by atoms with E-state index in [1.807, 2.05) is 25.1 Å². The number of primary amides is 1. The summed E-state index contributed by atoms with van der Waals surface area (Å²) in [7, 11) is 0. The van der Waals surface area contributed by atoms with Gasteiger partial charge in [-0.25, -0.2) is 9.78 Å². The number of urea groups is 1. The largest absolute Gasteiger partial charge is 0.392 e. The van der Waals surface area contributed by atoms with Gasteiger partial charge in [0.05, 0.1) is 12.3 Å². The van der Waals surface area contributed by atoms with Crippen molar-refractivity contribution in [3.05, 3.63) is 35.5 Å². The van der Waals surface area contributed by atoms with E-state index in [4.69, 9.17) is 5.73 Å². The van der Waals surface area contributed by atoms with E-state index >= 15 is 0 Å². The molecule has 0 bridgehead atoms. The highest BCUT2D eigenvalue weighted by atomic mass is 16.3. The molecule has 0 saturated heterocycles. The highest BCUT2D eigenvalue weighted by Gasteiger charge is 2.09. The zero-order valence-corrected chi connectivity index (χ0v) is 10.1. The van der Waals surface area contributed by atoms with Gasteiger partial charge in [0.1, 0.15) is 5.82 Å². The van der Waals surface area contributed by atoms with E-state index in [2.05, 4.69) is 10.3 Å². The number of aliphatic hydroxyl groups excluding tert-OH is 1. The molecule has 2 aromatic rings. The topological polar surface area (TPSA) is 88.2 Å². The molecule has 0 aliphatic rings. The monoisotopic (exact) mass is 245 g/mol. The van der Waals surface area contributed by atoms with E-state index < -0.39 is 6.03 Å². The first-order valence-electron chi connectivity index (χ1n) is 5.74. The minimum Gasteiger partial charge on any atom is -0.392 e. The van der Waals surface area contributed by atoms with Crippen LogP contribution in [0.2, 0.25) is 0 Å². The lowest BCUT2D eigenvalue weighted by Gasteiger charge is -2.11. The maximum absolute atomic E-state index is 10.9. The third kappa shape index (κ3) is 2.26. The molecule has 2 rings (SSSR count). The average molecular weight is 245 g/mol. The molecule has 0 aliphatic carbocycles. The minimum atomic E-state index is -0.637. The molecule has 4 N–H and O–H groups in total. The van der Waals surface area contributed by atoms with Gasteiger partial charge in [-0.05, 0) is 23.4 Å². The predicted octanol–water partition coefficient (Wildman–Crippen LogP) is 1.78. The second-order valence-electron chi connectivity index (χ2n) is 3.97. The summed E-state index contributed by atoms with van der Waals surface area (Å²) in [4.78, 5) is 15.2. The van der Waals surface area contributed by atoms with Gasteiger partial charge in [-0.2, -0.15) is 0 Å². The zero-order chi connectivity index (χ0) is 13.1. The van der Waals surface area contributed by atoms with E-state index in [9.17, 15) is 9.90 Å². The number of fused-ring (bicyclic) bond motifs is 1. The van der Waals surface area contributed by atoms with Gasteiger partial charge in [-0.3, -0.25) is 5.32 Å². The minimum absolute atomic E-state index is 0.0331. The number of carbonyl (C=O) groups excluding carboxylic acids is 1. The Balaban J connectivity index is 2.66. The van der Waals surface area contributed by atoms with Gasteiger partial charge >= 0.3 is 6.03 Å². The van der Waals surface area contributed by atoms with Crippen molar-refractivity contribution in [1.82, 2.24) is 4.98 Å². The summed E-state index contributed by atoms with van der Waals surface area (Å²) in [5.41, 5.74) is 6.76. The Morgan fingerprint density at radius 1 is 1.50 bits per heavy atom. The lowest BCUT2D eigenvalue weighted by Crippen LogP contribution is -2.20. The lowest BCUT2D eigenvalue weighted by molar-refractivity contribution is 0.259. The molecule has 94 valence electrons. The highest BCUT2D eigenvalue weighted by molar-refractivity contribution is 5.93. The summed E-state index contributed by atoms with van der Waals surface area (Å²) >= 11 is 0. The van der Waals surface area contributed by atoms with Crippen LogP contribution in [-0.4, -0.2) is 16.1 Å². The Morgan fingerprint density at radius 3 is 2.89 bits per heavy atom. The maximum atomic E-state index is 10.9. The van der Waals surface area contributed by atoms with Crippen LogP contribution in [0.5, 0.6) is 0 Å². The molecular weight excluding hydrogens is 230 g/mol. The number of carbonyl (C=O) groups is 1. The number of nitrogens with zero attached hydrogens (tertiary/aromatic N) is 1. The fraction of sp³-hybridized carbons (Fsp3) is 0.231.